The SMILES string of the molecule is CCCCNCCOCCOCCOC(=O)NCC(C)CC.[HH].[HH]. The maximum atomic E-state index is 11.3. The van der Waals surface area contributed by atoms with Crippen molar-refractivity contribution in [1.82, 2.24) is 10.6 Å². The second-order valence-electron chi connectivity index (χ2n) is 5.36. The van der Waals surface area contributed by atoms with Crippen LogP contribution in [0.15, 0.2) is 0 Å². The first-order chi connectivity index (χ1) is 10.7. The van der Waals surface area contributed by atoms with Crippen LogP contribution in [0.2, 0.25) is 0 Å². The topological polar surface area (TPSA) is 68.8 Å². The van der Waals surface area contributed by atoms with E-state index in [1.807, 2.05) is 0 Å². The van der Waals surface area contributed by atoms with Gasteiger partial charge in [0.05, 0.1) is 26.4 Å². The van der Waals surface area contributed by atoms with Crippen molar-refractivity contribution in [3.05, 3.63) is 0 Å². The van der Waals surface area contributed by atoms with E-state index in [1.165, 1.54) is 12.8 Å². The Bertz CT molecular complexity index is 262. The van der Waals surface area contributed by atoms with Gasteiger partial charge in [-0.15, -0.1) is 0 Å². The van der Waals surface area contributed by atoms with Gasteiger partial charge in [-0.2, -0.15) is 0 Å². The van der Waals surface area contributed by atoms with Crippen molar-refractivity contribution in [3.63, 3.8) is 0 Å². The molecule has 0 heterocycles. The number of amides is 1. The van der Waals surface area contributed by atoms with Crippen molar-refractivity contribution >= 4 is 6.09 Å². The smallest absolute Gasteiger partial charge is 0.407 e. The molecule has 6 heteroatoms. The zero-order valence-electron chi connectivity index (χ0n) is 14.5. The Labute approximate surface area is 138 Å². The minimum absolute atomic E-state index is 0. The molecular weight excluding hydrogens is 284 g/mol. The largest absolute Gasteiger partial charge is 0.447 e. The van der Waals surface area contributed by atoms with Crippen LogP contribution < -0.4 is 10.6 Å². The minimum Gasteiger partial charge on any atom is -0.447 e. The second kappa shape index (κ2) is 16.5. The third kappa shape index (κ3) is 15.5. The highest BCUT2D eigenvalue weighted by Gasteiger charge is 2.04. The Morgan fingerprint density at radius 3 is 2.41 bits per heavy atom. The van der Waals surface area contributed by atoms with Crippen molar-refractivity contribution in [3.8, 4) is 0 Å². The molecule has 136 valence electrons. The number of alkyl carbamates (subject to hydrolysis) is 1. The van der Waals surface area contributed by atoms with Crippen molar-refractivity contribution in [2.45, 2.75) is 40.0 Å². The van der Waals surface area contributed by atoms with E-state index in [4.69, 9.17) is 14.2 Å². The molecule has 1 unspecified atom stereocenters. The van der Waals surface area contributed by atoms with Gasteiger partial charge in [0.25, 0.3) is 0 Å². The molecule has 0 aliphatic rings. The first-order valence-corrected chi connectivity index (χ1v) is 8.47. The van der Waals surface area contributed by atoms with Crippen LogP contribution in [0.1, 0.15) is 42.9 Å². The second-order valence-corrected chi connectivity index (χ2v) is 5.36. The predicted octanol–water partition coefficient (Wildman–Crippen LogP) is 2.67. The van der Waals surface area contributed by atoms with Crippen LogP contribution in [0, 0.1) is 5.92 Å². The lowest BCUT2D eigenvalue weighted by Gasteiger charge is -2.11. The maximum Gasteiger partial charge on any atom is 0.407 e. The number of hydrogen-bond acceptors (Lipinski definition) is 5. The number of unbranched alkanes of at least 4 members (excludes halogenated alkanes) is 1. The molecule has 0 saturated heterocycles. The van der Waals surface area contributed by atoms with Gasteiger partial charge in [0.15, 0.2) is 0 Å². The number of nitrogens with one attached hydrogen (secondary N) is 2. The lowest BCUT2D eigenvalue weighted by Crippen LogP contribution is -2.29. The predicted molar refractivity (Wildman–Crippen MR) is 92.4 cm³/mol. The first-order valence-electron chi connectivity index (χ1n) is 8.47. The van der Waals surface area contributed by atoms with E-state index in [-0.39, 0.29) is 15.6 Å². The van der Waals surface area contributed by atoms with Crippen LogP contribution in [-0.4, -0.2) is 58.8 Å². The molecule has 0 aliphatic carbocycles. The van der Waals surface area contributed by atoms with E-state index in [1.54, 1.807) is 0 Å². The summed E-state index contributed by atoms with van der Waals surface area (Å²) in [5, 5.41) is 6.03. The summed E-state index contributed by atoms with van der Waals surface area (Å²) in [6.45, 7) is 11.4. The minimum atomic E-state index is -0.377. The Kier molecular flexibility index (Phi) is 15.9. The summed E-state index contributed by atoms with van der Waals surface area (Å²) in [7, 11) is 0. The third-order valence-electron chi connectivity index (χ3n) is 3.25. The molecule has 0 saturated carbocycles. The van der Waals surface area contributed by atoms with Gasteiger partial charge in [-0.05, 0) is 18.9 Å². The van der Waals surface area contributed by atoms with Crippen LogP contribution in [0.25, 0.3) is 0 Å². The molecule has 0 aliphatic heterocycles. The summed E-state index contributed by atoms with van der Waals surface area (Å²) in [5.41, 5.74) is 0. The summed E-state index contributed by atoms with van der Waals surface area (Å²) >= 11 is 0. The average Bonchev–Trinajstić information content (AvgIpc) is 2.53. The van der Waals surface area contributed by atoms with Crippen molar-refractivity contribution in [2.24, 2.45) is 5.92 Å². The Hall–Kier alpha value is -0.850. The quantitative estimate of drug-likeness (QED) is 0.454. The van der Waals surface area contributed by atoms with Gasteiger partial charge in [-0.3, -0.25) is 0 Å². The van der Waals surface area contributed by atoms with Gasteiger partial charge in [0.1, 0.15) is 6.61 Å². The maximum absolute atomic E-state index is 11.3. The first kappa shape index (κ1) is 21.1. The molecular formula is C16H38N2O4. The number of hydrogen-bond donors (Lipinski definition) is 2. The highest BCUT2D eigenvalue weighted by atomic mass is 16.6. The molecule has 0 aromatic heterocycles. The third-order valence-corrected chi connectivity index (χ3v) is 3.25. The Morgan fingerprint density at radius 2 is 1.73 bits per heavy atom. The molecule has 0 aromatic carbocycles. The molecule has 0 spiro atoms. The summed E-state index contributed by atoms with van der Waals surface area (Å²) in [4.78, 5) is 11.3. The average molecular weight is 322 g/mol. The van der Waals surface area contributed by atoms with Crippen molar-refractivity contribution < 1.29 is 21.9 Å². The molecule has 0 aromatic rings. The molecule has 1 amide bonds. The molecule has 22 heavy (non-hydrogen) atoms. The normalized spacial score (nSPS) is 12.1. The Balaban J connectivity index is -0.00000220. The molecule has 0 rings (SSSR count). The van der Waals surface area contributed by atoms with Gasteiger partial charge in [-0.25, -0.2) is 4.79 Å². The van der Waals surface area contributed by atoms with Crippen LogP contribution in [0.5, 0.6) is 0 Å². The van der Waals surface area contributed by atoms with Gasteiger partial charge in [0, 0.05) is 15.9 Å². The fraction of sp³-hybridized carbons (Fsp3) is 0.938. The fourth-order valence-corrected chi connectivity index (χ4v) is 1.54. The van der Waals surface area contributed by atoms with Gasteiger partial charge >= 0.3 is 6.09 Å². The van der Waals surface area contributed by atoms with E-state index in [2.05, 4.69) is 31.4 Å². The monoisotopic (exact) mass is 322 g/mol. The lowest BCUT2D eigenvalue weighted by atomic mass is 10.1. The molecule has 0 fully saturated rings. The van der Waals surface area contributed by atoms with Crippen molar-refractivity contribution in [1.29, 1.82) is 0 Å². The molecule has 0 bridgehead atoms. The van der Waals surface area contributed by atoms with E-state index >= 15 is 0 Å². The molecule has 0 radical (unpaired) electrons. The van der Waals surface area contributed by atoms with E-state index in [0.717, 1.165) is 19.5 Å². The van der Waals surface area contributed by atoms with E-state index in [0.29, 0.717) is 38.9 Å². The highest BCUT2D eigenvalue weighted by molar-refractivity contribution is 5.67. The number of rotatable bonds is 15. The van der Waals surface area contributed by atoms with Crippen molar-refractivity contribution in [2.75, 3.05) is 52.7 Å². The van der Waals surface area contributed by atoms with E-state index in [9.17, 15) is 4.79 Å². The van der Waals surface area contributed by atoms with Gasteiger partial charge < -0.3 is 24.8 Å². The zero-order chi connectivity index (χ0) is 16.5. The van der Waals surface area contributed by atoms with Crippen LogP contribution in [-0.2, 0) is 14.2 Å². The summed E-state index contributed by atoms with van der Waals surface area (Å²) < 4.78 is 15.7. The van der Waals surface area contributed by atoms with Crippen LogP contribution in [0.4, 0.5) is 4.79 Å². The summed E-state index contributed by atoms with van der Waals surface area (Å²) in [5.74, 6) is 0.470. The number of ether oxygens (including phenoxy) is 3. The van der Waals surface area contributed by atoms with Crippen LogP contribution >= 0.6 is 0 Å². The zero-order valence-corrected chi connectivity index (χ0v) is 14.5. The summed E-state index contributed by atoms with van der Waals surface area (Å²) in [6, 6.07) is 0. The Morgan fingerprint density at radius 1 is 1.05 bits per heavy atom. The highest BCUT2D eigenvalue weighted by Crippen LogP contribution is 1.97. The van der Waals surface area contributed by atoms with Gasteiger partial charge in [-0.1, -0.05) is 33.6 Å². The number of carbonyl (C=O) groups excluding carboxylic acids is 1. The van der Waals surface area contributed by atoms with Crippen LogP contribution in [0.3, 0.4) is 0 Å². The summed E-state index contributed by atoms with van der Waals surface area (Å²) in [6.07, 6.45) is 3.07. The standard InChI is InChI=1S/C16H34N2O4.2H2/c1-4-6-7-17-8-9-20-10-11-21-12-13-22-16(19)18-14-15(3)5-2;;/h15,17H,4-14H2,1-3H3,(H,18,19);2*1H. The van der Waals surface area contributed by atoms with Gasteiger partial charge in [0.2, 0.25) is 0 Å². The molecule has 2 N–H and O–H groups in total. The lowest BCUT2D eigenvalue weighted by molar-refractivity contribution is 0.0288. The molecule has 1 atom stereocenters. The van der Waals surface area contributed by atoms with E-state index < -0.39 is 0 Å². The number of carbonyl (C=O) groups is 1. The molecule has 6 nitrogen and oxygen atoms in total. The fourth-order valence-electron chi connectivity index (χ4n) is 1.54.